The number of hydrogen-bond donors (Lipinski definition) is 0. The summed E-state index contributed by atoms with van der Waals surface area (Å²) in [7, 11) is 0. The minimum Gasteiger partial charge on any atom is -0.649 e. The van der Waals surface area contributed by atoms with Crippen LogP contribution in [0, 0.1) is 29.6 Å². The van der Waals surface area contributed by atoms with Gasteiger partial charge < -0.3 is 2.84 Å². The van der Waals surface area contributed by atoms with E-state index in [0.29, 0.717) is 31.1 Å². The lowest BCUT2D eigenvalue weighted by Gasteiger charge is -2.05. The minimum absolute atomic E-state index is 0.304. The van der Waals surface area contributed by atoms with Gasteiger partial charge in [-0.1, -0.05) is 109 Å². The monoisotopic (exact) mass is 436 g/mol. The standard InChI is InChI=1S/5C4H9.5Al.O/c5*1-4(2)3;;;;;;/h5*4H,1H2,2-3H3;;;;;;. The molecule has 0 bridgehead atoms. The smallest absolute Gasteiger partial charge is 0.390 e. The zero-order valence-corrected chi connectivity index (χ0v) is 25.5. The molecule has 0 aromatic heterocycles. The third-order valence-corrected chi connectivity index (χ3v) is 9.38. The van der Waals surface area contributed by atoms with E-state index in [9.17, 15) is 0 Å². The normalized spacial score (nSPS) is 9.96. The Morgan fingerprint density at radius 1 is 0.500 bits per heavy atom. The lowest BCUT2D eigenvalue weighted by Crippen LogP contribution is -2.07. The molecule has 0 saturated heterocycles. The Labute approximate surface area is 206 Å². The Morgan fingerprint density at radius 2 is 0.692 bits per heavy atom. The number of hydrogen-bond acceptors (Lipinski definition) is 1. The van der Waals surface area contributed by atoms with Gasteiger partial charge in [-0.25, -0.2) is 0 Å². The quantitative estimate of drug-likeness (QED) is 0.315. The Kier molecular flexibility index (Phi) is 41.3. The van der Waals surface area contributed by atoms with Crippen LogP contribution in [0.25, 0.3) is 0 Å². The van der Waals surface area contributed by atoms with Crippen LogP contribution in [0.4, 0.5) is 0 Å². The van der Waals surface area contributed by atoms with Gasteiger partial charge in [-0.15, -0.1) is 15.8 Å². The molecular weight excluding hydrogens is 391 g/mol. The summed E-state index contributed by atoms with van der Waals surface area (Å²) in [5.41, 5.74) is 0. The molecule has 0 spiro atoms. The molecule has 0 N–H and O–H groups in total. The van der Waals surface area contributed by atoms with Gasteiger partial charge in [0.2, 0.25) is 0 Å². The van der Waals surface area contributed by atoms with E-state index in [1.807, 2.05) is 0 Å². The van der Waals surface area contributed by atoms with Crippen LogP contribution in [0.3, 0.4) is 0 Å². The molecule has 0 saturated carbocycles. The third kappa shape index (κ3) is 63.3. The number of rotatable bonds is 9. The molecule has 0 atom stereocenters. The Hall–Kier alpha value is 2.62. The van der Waals surface area contributed by atoms with E-state index >= 15 is 0 Å². The average Bonchev–Trinajstić information content (AvgIpc) is 2.55. The molecule has 0 heterocycles. The van der Waals surface area contributed by atoms with Crippen LogP contribution in [0.2, 0.25) is 26.4 Å². The van der Waals surface area contributed by atoms with E-state index in [4.69, 9.17) is 2.84 Å². The molecular formula is C20H45Al5O. The lowest BCUT2D eigenvalue weighted by atomic mass is 10.3. The van der Waals surface area contributed by atoms with Crippen molar-refractivity contribution >= 4 is 80.0 Å². The maximum atomic E-state index is 5.62. The zero-order chi connectivity index (χ0) is 21.5. The van der Waals surface area contributed by atoms with E-state index in [1.54, 1.807) is 0 Å². The highest BCUT2D eigenvalue weighted by Crippen LogP contribution is 2.01. The molecule has 0 aliphatic heterocycles. The first kappa shape index (κ1) is 36.0. The zero-order valence-electron chi connectivity index (χ0n) is 19.7. The van der Waals surface area contributed by atoms with Crippen molar-refractivity contribution in [1.29, 1.82) is 0 Å². The van der Waals surface area contributed by atoms with Crippen molar-refractivity contribution in [2.24, 2.45) is 29.6 Å². The molecule has 0 unspecified atom stereocenters. The van der Waals surface area contributed by atoms with Crippen LogP contribution in [0.15, 0.2) is 0 Å². The van der Waals surface area contributed by atoms with Crippen molar-refractivity contribution in [1.82, 2.24) is 0 Å². The van der Waals surface area contributed by atoms with Gasteiger partial charge in [-0.05, 0) is 0 Å². The van der Waals surface area contributed by atoms with Gasteiger partial charge in [0, 0.05) is 0 Å². The molecule has 0 aliphatic rings. The third-order valence-electron chi connectivity index (χ3n) is 2.74. The molecule has 0 fully saturated rings. The van der Waals surface area contributed by atoms with Crippen molar-refractivity contribution < 1.29 is 2.84 Å². The second-order valence-electron chi connectivity index (χ2n) is 8.62. The molecule has 1 nitrogen and oxygen atoms in total. The van der Waals surface area contributed by atoms with Crippen LogP contribution in [0.5, 0.6) is 0 Å². The minimum atomic E-state index is 0.304. The molecule has 0 rings (SSSR count). The maximum Gasteiger partial charge on any atom is 0.390 e. The first-order valence-electron chi connectivity index (χ1n) is 10.3. The predicted molar refractivity (Wildman–Crippen MR) is 128 cm³/mol. The van der Waals surface area contributed by atoms with Crippen molar-refractivity contribution in [3.63, 3.8) is 0 Å². The van der Waals surface area contributed by atoms with Crippen molar-refractivity contribution in [3.8, 4) is 0 Å². The molecule has 146 valence electrons. The molecule has 26 heavy (non-hydrogen) atoms. The van der Waals surface area contributed by atoms with E-state index in [2.05, 4.69) is 118 Å². The lowest BCUT2D eigenvalue weighted by molar-refractivity contribution is 0.587. The van der Waals surface area contributed by atoms with Gasteiger partial charge in [0.05, 0.1) is 0 Å². The van der Waals surface area contributed by atoms with Gasteiger partial charge in [-0.2, -0.15) is 0 Å². The summed E-state index contributed by atoms with van der Waals surface area (Å²) in [5.74, 6) is 4.19. The first-order valence-corrected chi connectivity index (χ1v) is 15.4. The second kappa shape index (κ2) is 29.8. The summed E-state index contributed by atoms with van der Waals surface area (Å²) in [6.45, 7) is 22.2. The SMILES string of the molecule is CC(C)[CH2][Al].CC(C)[CH2][Al].CC(C)[CH2][Al].CC(C)[CH2][Al][O][Al][CH2]C(C)C. The van der Waals surface area contributed by atoms with E-state index < -0.39 is 0 Å². The Balaban J connectivity index is -0.000000136. The summed E-state index contributed by atoms with van der Waals surface area (Å²) in [6, 6.07) is 0. The van der Waals surface area contributed by atoms with Crippen LogP contribution in [0.1, 0.15) is 69.2 Å². The fourth-order valence-corrected chi connectivity index (χ4v) is 2.77. The Bertz CT molecular complexity index is 193. The van der Waals surface area contributed by atoms with E-state index in [-0.39, 0.29) is 0 Å². The van der Waals surface area contributed by atoms with E-state index in [0.717, 1.165) is 29.6 Å². The second-order valence-corrected chi connectivity index (χ2v) is 12.7. The van der Waals surface area contributed by atoms with E-state index in [1.165, 1.54) is 26.4 Å². The van der Waals surface area contributed by atoms with Gasteiger partial charge >= 0.3 is 31.1 Å². The predicted octanol–water partition coefficient (Wildman–Crippen LogP) is 6.08. The van der Waals surface area contributed by atoms with Gasteiger partial charge in [0.1, 0.15) is 48.9 Å². The molecule has 0 aliphatic carbocycles. The average molecular weight is 436 g/mol. The van der Waals surface area contributed by atoms with Crippen LogP contribution < -0.4 is 0 Å². The largest absolute Gasteiger partial charge is 0.649 e. The molecule has 0 aromatic rings. The van der Waals surface area contributed by atoms with Gasteiger partial charge in [0.15, 0.2) is 0 Å². The summed E-state index contributed by atoms with van der Waals surface area (Å²) in [5, 5.41) is 6.26. The molecule has 0 amide bonds. The fraction of sp³-hybridized carbons (Fsp3) is 1.00. The van der Waals surface area contributed by atoms with Crippen molar-refractivity contribution in [2.75, 3.05) is 0 Å². The first-order chi connectivity index (χ1) is 11.9. The maximum absolute atomic E-state index is 5.62. The highest BCUT2D eigenvalue weighted by atomic mass is 27.2. The Morgan fingerprint density at radius 3 is 0.808 bits per heavy atom. The molecule has 8 radical (unpaired) electrons. The summed E-state index contributed by atoms with van der Waals surface area (Å²) in [4.78, 5) is 0. The van der Waals surface area contributed by atoms with Gasteiger partial charge in [0.25, 0.3) is 0 Å². The summed E-state index contributed by atoms with van der Waals surface area (Å²) in [6.07, 6.45) is 0. The van der Waals surface area contributed by atoms with Crippen molar-refractivity contribution in [2.45, 2.75) is 95.7 Å². The van der Waals surface area contributed by atoms with Crippen molar-refractivity contribution in [3.05, 3.63) is 0 Å². The highest BCUT2D eigenvalue weighted by molar-refractivity contribution is 6.42. The molecule has 6 heteroatoms. The van der Waals surface area contributed by atoms with Gasteiger partial charge in [-0.3, -0.25) is 0 Å². The summed E-state index contributed by atoms with van der Waals surface area (Å²) >= 11 is 8.69. The topological polar surface area (TPSA) is 9.23 Å². The van der Waals surface area contributed by atoms with Crippen LogP contribution in [-0.4, -0.2) is 80.0 Å². The fourth-order valence-electron chi connectivity index (χ4n) is 0.564. The highest BCUT2D eigenvalue weighted by Gasteiger charge is 2.01. The molecule has 0 aromatic carbocycles. The summed E-state index contributed by atoms with van der Waals surface area (Å²) < 4.78 is 5.62. The van der Waals surface area contributed by atoms with Crippen LogP contribution in [-0.2, 0) is 2.84 Å². The van der Waals surface area contributed by atoms with Crippen LogP contribution >= 0.6 is 0 Å².